The zero-order valence-electron chi connectivity index (χ0n) is 10.7. The molecule has 1 aliphatic rings. The molecule has 1 atom stereocenters. The van der Waals surface area contributed by atoms with Crippen LogP contribution in [0.2, 0.25) is 0 Å². The van der Waals surface area contributed by atoms with E-state index in [0.717, 1.165) is 17.3 Å². The highest BCUT2D eigenvalue weighted by atomic mass is 32.2. The van der Waals surface area contributed by atoms with Gasteiger partial charge in [-0.25, -0.2) is 0 Å². The molecule has 2 aromatic rings. The standard InChI is InChI=1S/C14H15NO2S2/c1-10-2-3-12(17-10)8-15-13(16)5-7-19-14(15)11-4-6-18-9-11/h2-4,6,9,14H,5,7-8H2,1H3. The third-order valence-corrected chi connectivity index (χ3v) is 5.13. The second-order valence-electron chi connectivity index (χ2n) is 4.56. The van der Waals surface area contributed by atoms with E-state index in [1.807, 2.05) is 35.7 Å². The number of hydrogen-bond acceptors (Lipinski definition) is 4. The predicted octanol–water partition coefficient (Wildman–Crippen LogP) is 3.81. The molecule has 100 valence electrons. The van der Waals surface area contributed by atoms with Crippen LogP contribution in [0.4, 0.5) is 0 Å². The third kappa shape index (κ3) is 2.72. The Bertz CT molecular complexity index is 562. The van der Waals surface area contributed by atoms with E-state index in [2.05, 4.69) is 16.8 Å². The first-order chi connectivity index (χ1) is 9.24. The number of amides is 1. The van der Waals surface area contributed by atoms with Crippen LogP contribution in [-0.4, -0.2) is 16.6 Å². The molecule has 0 bridgehead atoms. The maximum atomic E-state index is 12.2. The van der Waals surface area contributed by atoms with Crippen molar-refractivity contribution in [2.24, 2.45) is 0 Å². The van der Waals surface area contributed by atoms with Crippen LogP contribution in [0, 0.1) is 6.92 Å². The fraction of sp³-hybridized carbons (Fsp3) is 0.357. The van der Waals surface area contributed by atoms with Crippen molar-refractivity contribution in [3.05, 3.63) is 46.0 Å². The van der Waals surface area contributed by atoms with Gasteiger partial charge in [-0.3, -0.25) is 4.79 Å². The molecule has 19 heavy (non-hydrogen) atoms. The van der Waals surface area contributed by atoms with Crippen LogP contribution in [0.15, 0.2) is 33.4 Å². The van der Waals surface area contributed by atoms with Crippen molar-refractivity contribution in [1.29, 1.82) is 0 Å². The van der Waals surface area contributed by atoms with Crippen molar-refractivity contribution < 1.29 is 9.21 Å². The molecule has 0 spiro atoms. The first kappa shape index (κ1) is 12.8. The van der Waals surface area contributed by atoms with Gasteiger partial charge < -0.3 is 9.32 Å². The van der Waals surface area contributed by atoms with E-state index < -0.39 is 0 Å². The van der Waals surface area contributed by atoms with E-state index in [1.54, 1.807) is 11.3 Å². The molecule has 5 heteroatoms. The maximum absolute atomic E-state index is 12.2. The lowest BCUT2D eigenvalue weighted by molar-refractivity contribution is -0.133. The molecule has 1 fully saturated rings. The first-order valence-electron chi connectivity index (χ1n) is 6.22. The maximum Gasteiger partial charge on any atom is 0.224 e. The van der Waals surface area contributed by atoms with Gasteiger partial charge in [0, 0.05) is 12.2 Å². The van der Waals surface area contributed by atoms with Gasteiger partial charge in [-0.2, -0.15) is 11.3 Å². The Kier molecular flexibility index (Phi) is 3.66. The summed E-state index contributed by atoms with van der Waals surface area (Å²) < 4.78 is 5.60. The topological polar surface area (TPSA) is 33.5 Å². The second kappa shape index (κ2) is 5.43. The van der Waals surface area contributed by atoms with Crippen molar-refractivity contribution in [3.8, 4) is 0 Å². The van der Waals surface area contributed by atoms with Gasteiger partial charge in [0.2, 0.25) is 5.91 Å². The molecule has 0 aliphatic carbocycles. The number of aryl methyl sites for hydroxylation is 1. The quantitative estimate of drug-likeness (QED) is 0.862. The minimum atomic E-state index is 0.123. The fourth-order valence-corrected chi connectivity index (χ4v) is 4.21. The summed E-state index contributed by atoms with van der Waals surface area (Å²) in [4.78, 5) is 14.1. The van der Waals surface area contributed by atoms with Crippen LogP contribution in [0.3, 0.4) is 0 Å². The summed E-state index contributed by atoms with van der Waals surface area (Å²) in [5, 5.41) is 4.30. The highest BCUT2D eigenvalue weighted by Crippen LogP contribution is 2.39. The van der Waals surface area contributed by atoms with Crippen LogP contribution >= 0.6 is 23.1 Å². The molecule has 1 unspecified atom stereocenters. The average molecular weight is 293 g/mol. The monoisotopic (exact) mass is 293 g/mol. The Morgan fingerprint density at radius 1 is 1.42 bits per heavy atom. The second-order valence-corrected chi connectivity index (χ2v) is 6.53. The lowest BCUT2D eigenvalue weighted by Crippen LogP contribution is -2.36. The minimum absolute atomic E-state index is 0.123. The van der Waals surface area contributed by atoms with E-state index >= 15 is 0 Å². The number of thioether (sulfide) groups is 1. The first-order valence-corrected chi connectivity index (χ1v) is 8.21. The zero-order chi connectivity index (χ0) is 13.2. The Morgan fingerprint density at radius 3 is 3.00 bits per heavy atom. The van der Waals surface area contributed by atoms with E-state index in [0.29, 0.717) is 13.0 Å². The van der Waals surface area contributed by atoms with E-state index in [4.69, 9.17) is 4.42 Å². The van der Waals surface area contributed by atoms with Crippen molar-refractivity contribution >= 4 is 29.0 Å². The largest absolute Gasteiger partial charge is 0.464 e. The van der Waals surface area contributed by atoms with Gasteiger partial charge >= 0.3 is 0 Å². The Labute approximate surface area is 120 Å². The number of carbonyl (C=O) groups is 1. The molecule has 3 nitrogen and oxygen atoms in total. The Balaban J connectivity index is 1.83. The summed E-state index contributed by atoms with van der Waals surface area (Å²) in [6.07, 6.45) is 0.616. The zero-order valence-corrected chi connectivity index (χ0v) is 12.3. The van der Waals surface area contributed by atoms with Crippen molar-refractivity contribution in [3.63, 3.8) is 0 Å². The number of furan rings is 1. The van der Waals surface area contributed by atoms with E-state index in [1.165, 1.54) is 5.56 Å². The lowest BCUT2D eigenvalue weighted by atomic mass is 10.2. The minimum Gasteiger partial charge on any atom is -0.464 e. The third-order valence-electron chi connectivity index (χ3n) is 3.15. The van der Waals surface area contributed by atoms with Gasteiger partial charge in [-0.05, 0) is 41.4 Å². The molecular weight excluding hydrogens is 278 g/mol. The normalized spacial score (nSPS) is 19.9. The van der Waals surface area contributed by atoms with Crippen molar-refractivity contribution in [1.82, 2.24) is 4.90 Å². The predicted molar refractivity (Wildman–Crippen MR) is 78.1 cm³/mol. The van der Waals surface area contributed by atoms with Crippen LogP contribution in [0.25, 0.3) is 0 Å². The molecule has 3 heterocycles. The van der Waals surface area contributed by atoms with Crippen LogP contribution in [-0.2, 0) is 11.3 Å². The molecule has 1 aliphatic heterocycles. The van der Waals surface area contributed by atoms with Crippen molar-refractivity contribution in [2.45, 2.75) is 25.3 Å². The smallest absolute Gasteiger partial charge is 0.224 e. The number of thiophene rings is 1. The fourth-order valence-electron chi connectivity index (χ4n) is 2.22. The summed E-state index contributed by atoms with van der Waals surface area (Å²) >= 11 is 3.50. The SMILES string of the molecule is Cc1ccc(CN2C(=O)CCSC2c2ccsc2)o1. The van der Waals surface area contributed by atoms with Crippen molar-refractivity contribution in [2.75, 3.05) is 5.75 Å². The molecule has 0 radical (unpaired) electrons. The summed E-state index contributed by atoms with van der Waals surface area (Å²) in [6.45, 7) is 2.48. The molecule has 2 aromatic heterocycles. The number of nitrogens with zero attached hydrogens (tertiary/aromatic N) is 1. The lowest BCUT2D eigenvalue weighted by Gasteiger charge is -2.34. The molecular formula is C14H15NO2S2. The van der Waals surface area contributed by atoms with Crippen LogP contribution in [0.5, 0.6) is 0 Å². The molecule has 1 amide bonds. The van der Waals surface area contributed by atoms with Crippen LogP contribution in [0.1, 0.15) is 28.9 Å². The summed E-state index contributed by atoms with van der Waals surface area (Å²) in [6, 6.07) is 5.99. The van der Waals surface area contributed by atoms with Gasteiger partial charge in [0.1, 0.15) is 16.9 Å². The van der Waals surface area contributed by atoms with E-state index in [9.17, 15) is 4.79 Å². The van der Waals surface area contributed by atoms with Gasteiger partial charge in [0.25, 0.3) is 0 Å². The Morgan fingerprint density at radius 2 is 2.32 bits per heavy atom. The highest BCUT2D eigenvalue weighted by Gasteiger charge is 2.30. The number of hydrogen-bond donors (Lipinski definition) is 0. The average Bonchev–Trinajstić information content (AvgIpc) is 3.03. The van der Waals surface area contributed by atoms with Gasteiger partial charge in [-0.1, -0.05) is 0 Å². The summed E-state index contributed by atoms with van der Waals surface area (Å²) in [7, 11) is 0. The molecule has 0 aromatic carbocycles. The summed E-state index contributed by atoms with van der Waals surface area (Å²) in [5.41, 5.74) is 1.21. The number of rotatable bonds is 3. The Hall–Kier alpha value is -1.20. The van der Waals surface area contributed by atoms with E-state index in [-0.39, 0.29) is 11.3 Å². The van der Waals surface area contributed by atoms with Crippen LogP contribution < -0.4 is 0 Å². The summed E-state index contributed by atoms with van der Waals surface area (Å²) in [5.74, 6) is 2.85. The number of carbonyl (C=O) groups excluding carboxylic acids is 1. The molecule has 0 saturated carbocycles. The van der Waals surface area contributed by atoms with Gasteiger partial charge in [0.05, 0.1) is 6.54 Å². The highest BCUT2D eigenvalue weighted by molar-refractivity contribution is 7.99. The van der Waals surface area contributed by atoms with Gasteiger partial charge in [0.15, 0.2) is 0 Å². The molecule has 0 N–H and O–H groups in total. The van der Waals surface area contributed by atoms with Gasteiger partial charge in [-0.15, -0.1) is 11.8 Å². The molecule has 1 saturated heterocycles. The molecule has 3 rings (SSSR count).